The lowest BCUT2D eigenvalue weighted by Gasteiger charge is -2.30. The Balaban J connectivity index is 1.83. The molecule has 2 aliphatic heterocycles. The Bertz CT molecular complexity index is 391. The molecule has 1 aromatic heterocycles. The quantitative estimate of drug-likeness (QED) is 0.883. The summed E-state index contributed by atoms with van der Waals surface area (Å²) < 4.78 is 0. The zero-order valence-corrected chi connectivity index (χ0v) is 11.8. The van der Waals surface area contributed by atoms with Crippen LogP contribution < -0.4 is 10.2 Å². The largest absolute Gasteiger partial charge is 0.356 e. The monoisotopic (exact) mass is 259 g/mol. The van der Waals surface area contributed by atoms with Crippen LogP contribution in [0.2, 0.25) is 0 Å². The van der Waals surface area contributed by atoms with Crippen molar-refractivity contribution in [1.82, 2.24) is 10.3 Å². The molecule has 2 saturated heterocycles. The summed E-state index contributed by atoms with van der Waals surface area (Å²) in [4.78, 5) is 7.22. The molecular weight excluding hydrogens is 234 g/mol. The van der Waals surface area contributed by atoms with Gasteiger partial charge in [0.2, 0.25) is 0 Å². The molecule has 1 atom stereocenters. The van der Waals surface area contributed by atoms with Crippen LogP contribution in [0, 0.1) is 0 Å². The molecule has 3 rings (SSSR count). The second-order valence-electron chi connectivity index (χ2n) is 5.82. The molecule has 0 spiro atoms. The third kappa shape index (κ3) is 3.08. The molecule has 2 fully saturated rings. The van der Waals surface area contributed by atoms with Crippen molar-refractivity contribution >= 4 is 5.82 Å². The number of pyridine rings is 1. The topological polar surface area (TPSA) is 28.2 Å². The predicted molar refractivity (Wildman–Crippen MR) is 79.5 cm³/mol. The van der Waals surface area contributed by atoms with Crippen LogP contribution in [-0.4, -0.2) is 24.6 Å². The van der Waals surface area contributed by atoms with E-state index in [0.717, 1.165) is 6.54 Å². The van der Waals surface area contributed by atoms with Crippen molar-refractivity contribution < 1.29 is 0 Å². The van der Waals surface area contributed by atoms with Gasteiger partial charge in [-0.3, -0.25) is 0 Å². The number of piperidine rings is 1. The molecule has 0 radical (unpaired) electrons. The molecule has 0 saturated carbocycles. The maximum atomic E-state index is 4.71. The van der Waals surface area contributed by atoms with Gasteiger partial charge in [-0.2, -0.15) is 0 Å². The second kappa shape index (κ2) is 6.38. The van der Waals surface area contributed by atoms with Crippen molar-refractivity contribution in [3.8, 4) is 0 Å². The molecule has 3 heteroatoms. The molecule has 19 heavy (non-hydrogen) atoms. The molecule has 0 bridgehead atoms. The average molecular weight is 259 g/mol. The lowest BCUT2D eigenvalue weighted by Crippen LogP contribution is -2.31. The van der Waals surface area contributed by atoms with Crippen LogP contribution in [0.25, 0.3) is 0 Å². The smallest absolute Gasteiger partial charge is 0.133 e. The summed E-state index contributed by atoms with van der Waals surface area (Å²) in [6, 6.07) is 4.88. The molecule has 3 heterocycles. The summed E-state index contributed by atoms with van der Waals surface area (Å²) in [5.41, 5.74) is 1.42. The number of rotatable bonds is 2. The summed E-state index contributed by atoms with van der Waals surface area (Å²) in [7, 11) is 0. The first kappa shape index (κ1) is 12.9. The normalized spacial score (nSPS) is 25.1. The van der Waals surface area contributed by atoms with Gasteiger partial charge in [0.1, 0.15) is 5.82 Å². The molecule has 1 aromatic rings. The SMILES string of the molecule is c1cnc(N2CCCCCC2)c([C@@H]2CCCCN2)c1. The highest BCUT2D eigenvalue weighted by molar-refractivity contribution is 5.48. The van der Waals surface area contributed by atoms with Gasteiger partial charge in [0.15, 0.2) is 0 Å². The molecular formula is C16H25N3. The zero-order valence-electron chi connectivity index (χ0n) is 11.8. The molecule has 104 valence electrons. The third-order valence-electron chi connectivity index (χ3n) is 4.41. The van der Waals surface area contributed by atoms with E-state index in [1.54, 1.807) is 0 Å². The van der Waals surface area contributed by atoms with Crippen molar-refractivity contribution in [2.45, 2.75) is 51.0 Å². The first-order valence-electron chi connectivity index (χ1n) is 7.88. The Morgan fingerprint density at radius 1 is 1.05 bits per heavy atom. The Kier molecular flexibility index (Phi) is 4.34. The van der Waals surface area contributed by atoms with Crippen LogP contribution in [0.3, 0.4) is 0 Å². The molecule has 0 aliphatic carbocycles. The maximum absolute atomic E-state index is 4.71. The first-order chi connectivity index (χ1) is 9.45. The number of nitrogens with one attached hydrogen (secondary N) is 1. The summed E-state index contributed by atoms with van der Waals surface area (Å²) in [6.07, 6.45) is 11.2. The Morgan fingerprint density at radius 2 is 1.89 bits per heavy atom. The minimum Gasteiger partial charge on any atom is -0.356 e. The van der Waals surface area contributed by atoms with Crippen LogP contribution in [0.1, 0.15) is 56.6 Å². The molecule has 3 nitrogen and oxygen atoms in total. The van der Waals surface area contributed by atoms with Crippen molar-refractivity contribution in [2.75, 3.05) is 24.5 Å². The molecule has 2 aliphatic rings. The van der Waals surface area contributed by atoms with Crippen molar-refractivity contribution in [3.63, 3.8) is 0 Å². The van der Waals surface area contributed by atoms with Gasteiger partial charge in [0, 0.05) is 30.9 Å². The van der Waals surface area contributed by atoms with E-state index in [-0.39, 0.29) is 0 Å². The molecule has 0 amide bonds. The van der Waals surface area contributed by atoms with Crippen LogP contribution in [-0.2, 0) is 0 Å². The lowest BCUT2D eigenvalue weighted by molar-refractivity contribution is 0.411. The van der Waals surface area contributed by atoms with Gasteiger partial charge < -0.3 is 10.2 Å². The summed E-state index contributed by atoms with van der Waals surface area (Å²) >= 11 is 0. The first-order valence-corrected chi connectivity index (χ1v) is 7.88. The van der Waals surface area contributed by atoms with Gasteiger partial charge >= 0.3 is 0 Å². The maximum Gasteiger partial charge on any atom is 0.133 e. The van der Waals surface area contributed by atoms with Gasteiger partial charge in [-0.15, -0.1) is 0 Å². The average Bonchev–Trinajstić information content (AvgIpc) is 2.77. The van der Waals surface area contributed by atoms with Crippen LogP contribution in [0.5, 0.6) is 0 Å². The van der Waals surface area contributed by atoms with E-state index in [0.29, 0.717) is 6.04 Å². The molecule has 0 aromatic carbocycles. The van der Waals surface area contributed by atoms with Crippen LogP contribution in [0.15, 0.2) is 18.3 Å². The lowest BCUT2D eigenvalue weighted by atomic mass is 9.97. The highest BCUT2D eigenvalue weighted by atomic mass is 15.2. The van der Waals surface area contributed by atoms with Crippen molar-refractivity contribution in [2.24, 2.45) is 0 Å². The molecule has 1 N–H and O–H groups in total. The third-order valence-corrected chi connectivity index (χ3v) is 4.41. The van der Waals surface area contributed by atoms with E-state index >= 15 is 0 Å². The van der Waals surface area contributed by atoms with E-state index < -0.39 is 0 Å². The number of nitrogens with zero attached hydrogens (tertiary/aromatic N) is 2. The number of anilines is 1. The number of hydrogen-bond donors (Lipinski definition) is 1. The van der Waals surface area contributed by atoms with E-state index in [2.05, 4.69) is 22.3 Å². The standard InChI is InChI=1S/C16H25N3/c1-2-6-13-19(12-5-1)16-14(8-7-11-18-16)15-9-3-4-10-17-15/h7-8,11,15,17H,1-6,9-10,12-13H2/t15-/m0/s1. The Hall–Kier alpha value is -1.09. The van der Waals surface area contributed by atoms with E-state index in [4.69, 9.17) is 4.98 Å². The fraction of sp³-hybridized carbons (Fsp3) is 0.688. The van der Waals surface area contributed by atoms with E-state index in [1.807, 2.05) is 6.20 Å². The minimum atomic E-state index is 0.515. The highest BCUT2D eigenvalue weighted by Crippen LogP contribution is 2.30. The van der Waals surface area contributed by atoms with Crippen LogP contribution >= 0.6 is 0 Å². The second-order valence-corrected chi connectivity index (χ2v) is 5.82. The summed E-state index contributed by atoms with van der Waals surface area (Å²) in [5, 5.41) is 3.66. The Morgan fingerprint density at radius 3 is 2.63 bits per heavy atom. The Labute approximate surface area is 116 Å². The van der Waals surface area contributed by atoms with Gasteiger partial charge in [-0.05, 0) is 38.3 Å². The number of hydrogen-bond acceptors (Lipinski definition) is 3. The van der Waals surface area contributed by atoms with Crippen molar-refractivity contribution in [1.29, 1.82) is 0 Å². The van der Waals surface area contributed by atoms with E-state index in [1.165, 1.54) is 69.4 Å². The number of aromatic nitrogens is 1. The van der Waals surface area contributed by atoms with Gasteiger partial charge in [-0.1, -0.05) is 25.3 Å². The van der Waals surface area contributed by atoms with Gasteiger partial charge in [-0.25, -0.2) is 4.98 Å². The summed E-state index contributed by atoms with van der Waals surface area (Å²) in [5.74, 6) is 1.24. The highest BCUT2D eigenvalue weighted by Gasteiger charge is 2.21. The van der Waals surface area contributed by atoms with Crippen molar-refractivity contribution in [3.05, 3.63) is 23.9 Å². The summed E-state index contributed by atoms with van der Waals surface area (Å²) in [6.45, 7) is 3.51. The fourth-order valence-corrected chi connectivity index (χ4v) is 3.35. The van der Waals surface area contributed by atoms with Crippen LogP contribution in [0.4, 0.5) is 5.82 Å². The van der Waals surface area contributed by atoms with Gasteiger partial charge in [0.05, 0.1) is 0 Å². The zero-order chi connectivity index (χ0) is 12.9. The minimum absolute atomic E-state index is 0.515. The predicted octanol–water partition coefficient (Wildman–Crippen LogP) is 3.28. The molecule has 0 unspecified atom stereocenters. The van der Waals surface area contributed by atoms with E-state index in [9.17, 15) is 0 Å². The van der Waals surface area contributed by atoms with Gasteiger partial charge in [0.25, 0.3) is 0 Å². The fourth-order valence-electron chi connectivity index (χ4n) is 3.35.